The monoisotopic (exact) mass is 293 g/mol. The Labute approximate surface area is 123 Å². The van der Waals surface area contributed by atoms with Gasteiger partial charge in [-0.3, -0.25) is 9.63 Å². The third kappa shape index (κ3) is 3.63. The van der Waals surface area contributed by atoms with Crippen molar-refractivity contribution in [1.29, 1.82) is 0 Å². The number of amides is 3. The van der Waals surface area contributed by atoms with Crippen LogP contribution < -0.4 is 15.4 Å². The number of nitrogens with zero attached hydrogens (tertiary/aromatic N) is 1. The highest BCUT2D eigenvalue weighted by atomic mass is 16.7. The molecule has 2 N–H and O–H groups in total. The van der Waals surface area contributed by atoms with Crippen molar-refractivity contribution < 1.29 is 19.2 Å². The van der Waals surface area contributed by atoms with Crippen LogP contribution in [0.2, 0.25) is 0 Å². The van der Waals surface area contributed by atoms with Gasteiger partial charge in [-0.25, -0.2) is 4.79 Å². The zero-order valence-electron chi connectivity index (χ0n) is 12.3. The number of carbonyl (C=O) groups is 2. The molecule has 0 spiro atoms. The van der Waals surface area contributed by atoms with Gasteiger partial charge in [0.2, 0.25) is 0 Å². The summed E-state index contributed by atoms with van der Waals surface area (Å²) in [5.74, 6) is 0.485. The second kappa shape index (κ2) is 6.01. The topological polar surface area (TPSA) is 79.9 Å². The molecule has 0 saturated carbocycles. The number of carbonyl (C=O) groups excluding carboxylic acids is 2. The fourth-order valence-electron chi connectivity index (χ4n) is 1.75. The van der Waals surface area contributed by atoms with Crippen LogP contribution in [0.4, 0.5) is 10.5 Å². The van der Waals surface area contributed by atoms with E-state index in [2.05, 4.69) is 10.6 Å². The minimum Gasteiger partial charge on any atom is -0.471 e. The Morgan fingerprint density at radius 3 is 2.57 bits per heavy atom. The van der Waals surface area contributed by atoms with Gasteiger partial charge in [0.15, 0.2) is 6.73 Å². The fraction of sp³-hybridized carbons (Fsp3) is 0.429. The van der Waals surface area contributed by atoms with Gasteiger partial charge in [-0.2, -0.15) is 5.06 Å². The van der Waals surface area contributed by atoms with Crippen molar-refractivity contribution in [2.45, 2.75) is 13.8 Å². The van der Waals surface area contributed by atoms with Gasteiger partial charge in [-0.1, -0.05) is 0 Å². The summed E-state index contributed by atoms with van der Waals surface area (Å²) >= 11 is 0. The van der Waals surface area contributed by atoms with Crippen molar-refractivity contribution in [3.63, 3.8) is 0 Å². The van der Waals surface area contributed by atoms with Gasteiger partial charge in [0.05, 0.1) is 12.0 Å². The van der Waals surface area contributed by atoms with Crippen LogP contribution in [0.3, 0.4) is 0 Å². The van der Waals surface area contributed by atoms with Crippen LogP contribution in [-0.4, -0.2) is 37.4 Å². The number of hydrogen-bond acceptors (Lipinski definition) is 4. The molecule has 0 bridgehead atoms. The summed E-state index contributed by atoms with van der Waals surface area (Å²) in [6.45, 7) is 4.04. The van der Waals surface area contributed by atoms with Crippen LogP contribution >= 0.6 is 0 Å². The number of benzene rings is 1. The maximum absolute atomic E-state index is 11.9. The Morgan fingerprint density at radius 2 is 2.05 bits per heavy atom. The molecule has 0 atom stereocenters. The van der Waals surface area contributed by atoms with E-state index in [1.807, 2.05) is 13.8 Å². The molecule has 1 heterocycles. The van der Waals surface area contributed by atoms with E-state index in [-0.39, 0.29) is 18.7 Å². The smallest absolute Gasteiger partial charge is 0.318 e. The molecule has 1 aromatic rings. The highest BCUT2D eigenvalue weighted by Crippen LogP contribution is 2.27. The highest BCUT2D eigenvalue weighted by Gasteiger charge is 2.40. The predicted molar refractivity (Wildman–Crippen MR) is 76.6 cm³/mol. The lowest BCUT2D eigenvalue weighted by molar-refractivity contribution is -0.176. The van der Waals surface area contributed by atoms with Gasteiger partial charge in [0.25, 0.3) is 5.91 Å². The lowest BCUT2D eigenvalue weighted by Crippen LogP contribution is -2.33. The van der Waals surface area contributed by atoms with Crippen LogP contribution in [0, 0.1) is 5.41 Å². The first-order valence-corrected chi connectivity index (χ1v) is 6.59. The van der Waals surface area contributed by atoms with E-state index in [0.29, 0.717) is 18.0 Å². The van der Waals surface area contributed by atoms with Crippen molar-refractivity contribution >= 4 is 17.6 Å². The normalized spacial score (nSPS) is 16.7. The first kappa shape index (κ1) is 15.1. The number of ether oxygens (including phenoxy) is 1. The molecule has 3 amide bonds. The van der Waals surface area contributed by atoms with Crippen molar-refractivity contribution in [3.8, 4) is 5.75 Å². The summed E-state index contributed by atoms with van der Waals surface area (Å²) in [4.78, 5) is 28.4. The zero-order chi connectivity index (χ0) is 15.5. The number of anilines is 1. The summed E-state index contributed by atoms with van der Waals surface area (Å²) in [6.07, 6.45) is 0. The quantitative estimate of drug-likeness (QED) is 0.883. The van der Waals surface area contributed by atoms with E-state index >= 15 is 0 Å². The molecule has 21 heavy (non-hydrogen) atoms. The minimum atomic E-state index is -0.509. The predicted octanol–water partition coefficient (Wildman–Crippen LogP) is 1.57. The minimum absolute atomic E-state index is 0.0322. The lowest BCUT2D eigenvalue weighted by Gasteiger charge is -2.17. The average Bonchev–Trinajstić information content (AvgIpc) is 2.73. The van der Waals surface area contributed by atoms with E-state index in [1.54, 1.807) is 31.3 Å². The molecule has 1 aromatic carbocycles. The van der Waals surface area contributed by atoms with Gasteiger partial charge < -0.3 is 15.4 Å². The molecule has 1 aliphatic rings. The summed E-state index contributed by atoms with van der Waals surface area (Å²) in [7, 11) is 1.54. The second-order valence-electron chi connectivity index (χ2n) is 5.34. The lowest BCUT2D eigenvalue weighted by atomic mass is 9.95. The van der Waals surface area contributed by atoms with E-state index in [1.165, 1.54) is 5.06 Å². The first-order chi connectivity index (χ1) is 9.92. The average molecular weight is 293 g/mol. The molecular weight excluding hydrogens is 274 g/mol. The molecule has 1 aliphatic heterocycles. The third-order valence-electron chi connectivity index (χ3n) is 3.07. The molecule has 2 rings (SSSR count). The van der Waals surface area contributed by atoms with Gasteiger partial charge in [0.1, 0.15) is 5.75 Å². The molecule has 0 unspecified atom stereocenters. The Balaban J connectivity index is 1.87. The molecule has 7 heteroatoms. The fourth-order valence-corrected chi connectivity index (χ4v) is 1.75. The SMILES string of the molecule is CNC(=O)Nc1ccc(OCN2OCC(C)(C)C2=O)cc1. The maximum Gasteiger partial charge on any atom is 0.318 e. The molecule has 114 valence electrons. The molecule has 0 aromatic heterocycles. The van der Waals surface area contributed by atoms with Gasteiger partial charge in [-0.15, -0.1) is 0 Å². The number of hydroxylamine groups is 2. The van der Waals surface area contributed by atoms with Crippen molar-refractivity contribution in [2.75, 3.05) is 25.7 Å². The Kier molecular flexibility index (Phi) is 4.32. The summed E-state index contributed by atoms with van der Waals surface area (Å²) < 4.78 is 5.49. The Morgan fingerprint density at radius 1 is 1.38 bits per heavy atom. The molecule has 0 radical (unpaired) electrons. The largest absolute Gasteiger partial charge is 0.471 e. The van der Waals surface area contributed by atoms with E-state index in [4.69, 9.17) is 9.57 Å². The number of rotatable bonds is 4. The molecule has 1 saturated heterocycles. The van der Waals surface area contributed by atoms with Crippen LogP contribution in [0.25, 0.3) is 0 Å². The number of hydrogen-bond donors (Lipinski definition) is 2. The summed E-state index contributed by atoms with van der Waals surface area (Å²) in [5, 5.41) is 6.32. The first-order valence-electron chi connectivity index (χ1n) is 6.59. The summed E-state index contributed by atoms with van der Waals surface area (Å²) in [5.41, 5.74) is 0.140. The molecule has 7 nitrogen and oxygen atoms in total. The van der Waals surface area contributed by atoms with Crippen molar-refractivity contribution in [1.82, 2.24) is 10.4 Å². The Hall–Kier alpha value is -2.28. The van der Waals surface area contributed by atoms with Crippen LogP contribution in [0.1, 0.15) is 13.8 Å². The zero-order valence-corrected chi connectivity index (χ0v) is 12.3. The van der Waals surface area contributed by atoms with Gasteiger partial charge in [0, 0.05) is 12.7 Å². The molecular formula is C14H19N3O4. The van der Waals surface area contributed by atoms with Crippen LogP contribution in [0.5, 0.6) is 5.75 Å². The second-order valence-corrected chi connectivity index (χ2v) is 5.34. The van der Waals surface area contributed by atoms with E-state index < -0.39 is 5.41 Å². The third-order valence-corrected chi connectivity index (χ3v) is 3.07. The number of nitrogens with one attached hydrogen (secondary N) is 2. The van der Waals surface area contributed by atoms with E-state index in [9.17, 15) is 9.59 Å². The van der Waals surface area contributed by atoms with Gasteiger partial charge in [-0.05, 0) is 38.1 Å². The van der Waals surface area contributed by atoms with E-state index in [0.717, 1.165) is 0 Å². The molecule has 1 fully saturated rings. The molecule has 0 aliphatic carbocycles. The van der Waals surface area contributed by atoms with Crippen molar-refractivity contribution in [3.05, 3.63) is 24.3 Å². The summed E-state index contributed by atoms with van der Waals surface area (Å²) in [6, 6.07) is 6.54. The van der Waals surface area contributed by atoms with Crippen molar-refractivity contribution in [2.24, 2.45) is 5.41 Å². The van der Waals surface area contributed by atoms with Crippen LogP contribution in [-0.2, 0) is 9.63 Å². The highest BCUT2D eigenvalue weighted by molar-refractivity contribution is 5.89. The van der Waals surface area contributed by atoms with Crippen LogP contribution in [0.15, 0.2) is 24.3 Å². The number of urea groups is 1. The maximum atomic E-state index is 11.9. The standard InChI is InChI=1S/C14H19N3O4/c1-14(2)8-21-17(12(14)18)9-20-11-6-4-10(5-7-11)16-13(19)15-3/h4-7H,8-9H2,1-3H3,(H2,15,16,19). The Bertz CT molecular complexity index is 528. The van der Waals surface area contributed by atoms with Gasteiger partial charge >= 0.3 is 6.03 Å².